The highest BCUT2D eigenvalue weighted by molar-refractivity contribution is 5.86. The first kappa shape index (κ1) is 16.4. The molecule has 2 aromatic heterocycles. The maximum atomic E-state index is 11.5. The lowest BCUT2D eigenvalue weighted by molar-refractivity contribution is -0.129. The fourth-order valence-electron chi connectivity index (χ4n) is 3.28. The molecule has 0 saturated carbocycles. The van der Waals surface area contributed by atoms with Crippen molar-refractivity contribution in [1.29, 1.82) is 0 Å². The van der Waals surface area contributed by atoms with Gasteiger partial charge in [-0.3, -0.25) is 4.79 Å². The van der Waals surface area contributed by atoms with E-state index in [2.05, 4.69) is 27.0 Å². The first-order valence-electron chi connectivity index (χ1n) is 8.67. The summed E-state index contributed by atoms with van der Waals surface area (Å²) in [5.74, 6) is 2.02. The monoisotopic (exact) mass is 351 g/mol. The van der Waals surface area contributed by atoms with Crippen LogP contribution < -0.4 is 9.64 Å². The van der Waals surface area contributed by atoms with Gasteiger partial charge in [-0.2, -0.15) is 4.98 Å². The Hall–Kier alpha value is -3.09. The molecular weight excluding hydrogens is 330 g/mol. The molecule has 0 spiro atoms. The Morgan fingerprint density at radius 2 is 1.92 bits per heavy atom. The quantitative estimate of drug-likeness (QED) is 0.725. The zero-order valence-corrected chi connectivity index (χ0v) is 14.9. The molecule has 7 nitrogen and oxygen atoms in total. The summed E-state index contributed by atoms with van der Waals surface area (Å²) >= 11 is 0. The van der Waals surface area contributed by atoms with Gasteiger partial charge in [0.05, 0.1) is 5.52 Å². The Morgan fingerprint density at radius 3 is 2.69 bits per heavy atom. The standard InChI is InChI=1S/C19H21N5O2/c1-14(25)23-10-12-24(13-11-23)19-20-8-6-17(21-19)26-16-5-3-4-15-7-9-22(2)18(15)16/h3-9H,10-13H2,1-2H3. The number of ether oxygens (including phenoxy) is 1. The zero-order chi connectivity index (χ0) is 18.1. The van der Waals surface area contributed by atoms with Crippen molar-refractivity contribution in [2.45, 2.75) is 6.92 Å². The molecule has 3 heterocycles. The largest absolute Gasteiger partial charge is 0.437 e. The smallest absolute Gasteiger partial charge is 0.228 e. The first-order chi connectivity index (χ1) is 12.6. The van der Waals surface area contributed by atoms with Crippen molar-refractivity contribution < 1.29 is 9.53 Å². The van der Waals surface area contributed by atoms with Crippen LogP contribution in [0.15, 0.2) is 42.7 Å². The Bertz CT molecular complexity index is 944. The van der Waals surface area contributed by atoms with Crippen LogP contribution in [0.4, 0.5) is 5.95 Å². The first-order valence-corrected chi connectivity index (χ1v) is 8.67. The second-order valence-corrected chi connectivity index (χ2v) is 6.41. The Balaban J connectivity index is 1.55. The van der Waals surface area contributed by atoms with Crippen LogP contribution in [0, 0.1) is 0 Å². The topological polar surface area (TPSA) is 63.5 Å². The average Bonchev–Trinajstić information content (AvgIpc) is 3.04. The highest BCUT2D eigenvalue weighted by Gasteiger charge is 2.20. The molecule has 0 radical (unpaired) electrons. The van der Waals surface area contributed by atoms with Gasteiger partial charge < -0.3 is 19.1 Å². The van der Waals surface area contributed by atoms with Crippen molar-refractivity contribution in [3.63, 3.8) is 0 Å². The number of nitrogens with zero attached hydrogens (tertiary/aromatic N) is 5. The summed E-state index contributed by atoms with van der Waals surface area (Å²) in [5, 5.41) is 1.12. The van der Waals surface area contributed by atoms with Crippen LogP contribution >= 0.6 is 0 Å². The Labute approximate surface area is 151 Å². The Kier molecular flexibility index (Phi) is 4.20. The minimum atomic E-state index is 0.110. The van der Waals surface area contributed by atoms with Crippen LogP contribution in [-0.4, -0.2) is 51.5 Å². The molecular formula is C19H21N5O2. The van der Waals surface area contributed by atoms with E-state index in [0.717, 1.165) is 29.7 Å². The minimum Gasteiger partial charge on any atom is -0.437 e. The van der Waals surface area contributed by atoms with Crippen molar-refractivity contribution in [1.82, 2.24) is 19.4 Å². The number of hydrogen-bond donors (Lipinski definition) is 0. The van der Waals surface area contributed by atoms with Gasteiger partial charge in [0, 0.05) is 64.0 Å². The van der Waals surface area contributed by atoms with Gasteiger partial charge in [0.2, 0.25) is 17.7 Å². The summed E-state index contributed by atoms with van der Waals surface area (Å²) in [6.45, 7) is 4.41. The van der Waals surface area contributed by atoms with Crippen LogP contribution in [0.2, 0.25) is 0 Å². The third kappa shape index (κ3) is 3.08. The van der Waals surface area contributed by atoms with E-state index >= 15 is 0 Å². The van der Waals surface area contributed by atoms with Gasteiger partial charge in [-0.15, -0.1) is 0 Å². The normalized spacial score (nSPS) is 14.7. The molecule has 1 aromatic carbocycles. The summed E-state index contributed by atoms with van der Waals surface area (Å²) in [6.07, 6.45) is 3.72. The molecule has 0 bridgehead atoms. The van der Waals surface area contributed by atoms with Crippen molar-refractivity contribution in [3.8, 4) is 11.6 Å². The van der Waals surface area contributed by atoms with E-state index in [-0.39, 0.29) is 5.91 Å². The Morgan fingerprint density at radius 1 is 1.12 bits per heavy atom. The van der Waals surface area contributed by atoms with Crippen LogP contribution in [0.3, 0.4) is 0 Å². The van der Waals surface area contributed by atoms with Gasteiger partial charge in [0.15, 0.2) is 5.75 Å². The van der Waals surface area contributed by atoms with E-state index in [9.17, 15) is 4.79 Å². The van der Waals surface area contributed by atoms with Crippen molar-refractivity contribution in [3.05, 3.63) is 42.7 Å². The molecule has 1 amide bonds. The number of rotatable bonds is 3. The van der Waals surface area contributed by atoms with E-state index in [1.807, 2.05) is 34.8 Å². The molecule has 3 aromatic rings. The van der Waals surface area contributed by atoms with Gasteiger partial charge in [-0.05, 0) is 12.1 Å². The lowest BCUT2D eigenvalue weighted by Crippen LogP contribution is -2.48. The summed E-state index contributed by atoms with van der Waals surface area (Å²) in [6, 6.07) is 9.79. The van der Waals surface area contributed by atoms with Crippen LogP contribution in [0.25, 0.3) is 10.9 Å². The number of anilines is 1. The van der Waals surface area contributed by atoms with Crippen molar-refractivity contribution in [2.24, 2.45) is 7.05 Å². The molecule has 1 aliphatic rings. The SMILES string of the molecule is CC(=O)N1CCN(c2nccc(Oc3cccc4ccn(C)c34)n2)CC1. The second kappa shape index (κ2) is 6.67. The zero-order valence-electron chi connectivity index (χ0n) is 14.9. The predicted molar refractivity (Wildman–Crippen MR) is 99.5 cm³/mol. The molecule has 134 valence electrons. The van der Waals surface area contributed by atoms with Gasteiger partial charge in [0.25, 0.3) is 0 Å². The van der Waals surface area contributed by atoms with Crippen LogP contribution in [0.5, 0.6) is 11.6 Å². The number of aromatic nitrogens is 3. The average molecular weight is 351 g/mol. The lowest BCUT2D eigenvalue weighted by atomic mass is 10.2. The fraction of sp³-hybridized carbons (Fsp3) is 0.316. The number of carbonyl (C=O) groups excluding carboxylic acids is 1. The van der Waals surface area contributed by atoms with Gasteiger partial charge in [-0.1, -0.05) is 12.1 Å². The van der Waals surface area contributed by atoms with E-state index in [0.29, 0.717) is 24.9 Å². The summed E-state index contributed by atoms with van der Waals surface area (Å²) in [7, 11) is 2.00. The second-order valence-electron chi connectivity index (χ2n) is 6.41. The summed E-state index contributed by atoms with van der Waals surface area (Å²) in [4.78, 5) is 24.3. The third-order valence-corrected chi connectivity index (χ3v) is 4.70. The molecule has 1 aliphatic heterocycles. The maximum absolute atomic E-state index is 11.5. The fourth-order valence-corrected chi connectivity index (χ4v) is 3.28. The van der Waals surface area contributed by atoms with Crippen LogP contribution in [-0.2, 0) is 11.8 Å². The highest BCUT2D eigenvalue weighted by Crippen LogP contribution is 2.29. The van der Waals surface area contributed by atoms with E-state index in [1.54, 1.807) is 19.2 Å². The van der Waals surface area contributed by atoms with Gasteiger partial charge >= 0.3 is 0 Å². The van der Waals surface area contributed by atoms with Gasteiger partial charge in [-0.25, -0.2) is 4.98 Å². The number of hydrogen-bond acceptors (Lipinski definition) is 5. The number of amides is 1. The van der Waals surface area contributed by atoms with E-state index in [1.165, 1.54) is 0 Å². The summed E-state index contributed by atoms with van der Waals surface area (Å²) < 4.78 is 8.09. The molecule has 1 fully saturated rings. The minimum absolute atomic E-state index is 0.110. The molecule has 7 heteroatoms. The molecule has 4 rings (SSSR count). The molecule has 0 N–H and O–H groups in total. The predicted octanol–water partition coefficient (Wildman–Crippen LogP) is 2.43. The molecule has 0 aliphatic carbocycles. The van der Waals surface area contributed by atoms with Crippen LogP contribution in [0.1, 0.15) is 6.92 Å². The summed E-state index contributed by atoms with van der Waals surface area (Å²) in [5.41, 5.74) is 1.03. The molecule has 0 atom stereocenters. The molecule has 0 unspecified atom stereocenters. The maximum Gasteiger partial charge on any atom is 0.228 e. The van der Waals surface area contributed by atoms with E-state index in [4.69, 9.17) is 4.74 Å². The number of piperazine rings is 1. The molecule has 26 heavy (non-hydrogen) atoms. The number of aryl methyl sites for hydroxylation is 1. The number of fused-ring (bicyclic) bond motifs is 1. The van der Waals surface area contributed by atoms with Crippen molar-refractivity contribution in [2.75, 3.05) is 31.1 Å². The van der Waals surface area contributed by atoms with E-state index < -0.39 is 0 Å². The number of para-hydroxylation sites is 1. The van der Waals surface area contributed by atoms with Crippen molar-refractivity contribution >= 4 is 22.8 Å². The number of benzene rings is 1. The highest BCUT2D eigenvalue weighted by atomic mass is 16.5. The number of carbonyl (C=O) groups is 1. The third-order valence-electron chi connectivity index (χ3n) is 4.70. The molecule has 1 saturated heterocycles. The van der Waals surface area contributed by atoms with Gasteiger partial charge in [0.1, 0.15) is 0 Å². The lowest BCUT2D eigenvalue weighted by Gasteiger charge is -2.34.